The smallest absolute Gasteiger partial charge is 0.382 e. The highest BCUT2D eigenvalue weighted by atomic mass is 16.6. The largest absolute Gasteiger partial charge is 0.472 e. The van der Waals surface area contributed by atoms with Gasteiger partial charge in [-0.1, -0.05) is 48.2 Å². The van der Waals surface area contributed by atoms with Crippen LogP contribution in [0.3, 0.4) is 0 Å². The molecule has 0 aliphatic rings. The van der Waals surface area contributed by atoms with Crippen LogP contribution in [0.5, 0.6) is 0 Å². The van der Waals surface area contributed by atoms with E-state index in [0.717, 1.165) is 0 Å². The van der Waals surface area contributed by atoms with Crippen molar-refractivity contribution in [3.8, 4) is 23.7 Å². The Balaban J connectivity index is 2.42. The number of esters is 4. The van der Waals surface area contributed by atoms with Gasteiger partial charge in [0.25, 0.3) is 0 Å². The van der Waals surface area contributed by atoms with E-state index in [9.17, 15) is 28.8 Å². The van der Waals surface area contributed by atoms with Crippen molar-refractivity contribution in [2.45, 2.75) is 65.0 Å². The highest BCUT2D eigenvalue weighted by Gasteiger charge is 2.43. The minimum absolute atomic E-state index is 0.208. The zero-order chi connectivity index (χ0) is 32.8. The van der Waals surface area contributed by atoms with Crippen LogP contribution < -0.4 is 0 Å². The molecule has 0 fully saturated rings. The van der Waals surface area contributed by atoms with Gasteiger partial charge in [-0.3, -0.25) is 9.59 Å². The first-order valence-electron chi connectivity index (χ1n) is 13.2. The normalized spacial score (nSPS) is 11.5. The molecule has 0 radical (unpaired) electrons. The fourth-order valence-electron chi connectivity index (χ4n) is 3.58. The van der Waals surface area contributed by atoms with Crippen LogP contribution in [-0.4, -0.2) is 70.4 Å². The Bertz CT molecular complexity index is 1420. The van der Waals surface area contributed by atoms with E-state index in [0.29, 0.717) is 0 Å². The number of benzene rings is 2. The minimum Gasteiger partial charge on any atom is -0.472 e. The summed E-state index contributed by atoms with van der Waals surface area (Å²) in [6.45, 7) is 6.04. The molecule has 0 spiro atoms. The van der Waals surface area contributed by atoms with Crippen molar-refractivity contribution in [3.63, 3.8) is 0 Å². The van der Waals surface area contributed by atoms with Crippen LogP contribution >= 0.6 is 0 Å². The second-order valence-corrected chi connectivity index (χ2v) is 9.57. The molecule has 2 aromatic rings. The molecule has 0 saturated heterocycles. The van der Waals surface area contributed by atoms with E-state index in [1.54, 1.807) is 24.3 Å². The zero-order valence-corrected chi connectivity index (χ0v) is 24.3. The fourth-order valence-corrected chi connectivity index (χ4v) is 3.58. The molecule has 2 atom stereocenters. The van der Waals surface area contributed by atoms with Gasteiger partial charge in [-0.05, 0) is 51.0 Å². The standard InChI is InChI=1S/C32H30O12/c1-19(2)41-31(39)29(43-27(37)17-23-11-7-5-9-21(23)13-15-25(33)34)30(32(40)42-20(3)4)44-28(38)18-24-12-8-6-10-22(24)14-16-26(35)36/h5-12,19-20,29-30H,17-18H2,1-4H3,(H,33,34)(H,35,36)/t29-,30-/m1/s1. The van der Waals surface area contributed by atoms with Crippen LogP contribution in [0.25, 0.3) is 0 Å². The summed E-state index contributed by atoms with van der Waals surface area (Å²) >= 11 is 0. The molecule has 0 heterocycles. The molecule has 12 nitrogen and oxygen atoms in total. The molecule has 2 rings (SSSR count). The number of carbonyl (C=O) groups is 6. The van der Waals surface area contributed by atoms with Crippen LogP contribution in [0.4, 0.5) is 0 Å². The molecule has 2 N–H and O–H groups in total. The van der Waals surface area contributed by atoms with Crippen molar-refractivity contribution in [1.82, 2.24) is 0 Å². The lowest BCUT2D eigenvalue weighted by Gasteiger charge is -2.26. The van der Waals surface area contributed by atoms with Gasteiger partial charge in [0.1, 0.15) is 0 Å². The Morgan fingerprint density at radius 3 is 1.25 bits per heavy atom. The minimum atomic E-state index is -2.08. The summed E-state index contributed by atoms with van der Waals surface area (Å²) in [5.41, 5.74) is 0.944. The molecule has 0 unspecified atom stereocenters. The van der Waals surface area contributed by atoms with Crippen molar-refractivity contribution in [3.05, 3.63) is 70.8 Å². The second-order valence-electron chi connectivity index (χ2n) is 9.57. The van der Waals surface area contributed by atoms with E-state index in [-0.39, 0.29) is 22.3 Å². The monoisotopic (exact) mass is 606 g/mol. The highest BCUT2D eigenvalue weighted by Crippen LogP contribution is 2.17. The lowest BCUT2D eigenvalue weighted by molar-refractivity contribution is -0.194. The van der Waals surface area contributed by atoms with Gasteiger partial charge in [0.05, 0.1) is 25.0 Å². The Kier molecular flexibility index (Phi) is 13.1. The molecule has 0 aliphatic heterocycles. The third-order valence-corrected chi connectivity index (χ3v) is 5.27. The number of carbonyl (C=O) groups excluding carboxylic acids is 4. The third-order valence-electron chi connectivity index (χ3n) is 5.27. The maximum atomic E-state index is 13.1. The van der Waals surface area contributed by atoms with Gasteiger partial charge in [-0.15, -0.1) is 0 Å². The maximum Gasteiger partial charge on any atom is 0.382 e. The van der Waals surface area contributed by atoms with Crippen molar-refractivity contribution >= 4 is 35.8 Å². The first kappa shape index (κ1) is 34.6. The van der Waals surface area contributed by atoms with Gasteiger partial charge in [-0.2, -0.15) is 0 Å². The van der Waals surface area contributed by atoms with E-state index in [2.05, 4.69) is 11.8 Å². The quantitative estimate of drug-likeness (QED) is 0.216. The Morgan fingerprint density at radius 2 is 0.932 bits per heavy atom. The van der Waals surface area contributed by atoms with E-state index in [1.165, 1.54) is 52.0 Å². The molecular weight excluding hydrogens is 576 g/mol. The number of ether oxygens (including phenoxy) is 4. The fraction of sp³-hybridized carbons (Fsp3) is 0.312. The topological polar surface area (TPSA) is 180 Å². The number of aliphatic carboxylic acids is 2. The molecule has 0 aromatic heterocycles. The lowest BCUT2D eigenvalue weighted by Crippen LogP contribution is -2.48. The molecule has 0 saturated carbocycles. The highest BCUT2D eigenvalue weighted by molar-refractivity contribution is 5.91. The van der Waals surface area contributed by atoms with E-state index >= 15 is 0 Å². The number of carboxylic acids is 2. The van der Waals surface area contributed by atoms with E-state index in [4.69, 9.17) is 29.2 Å². The first-order chi connectivity index (χ1) is 20.8. The summed E-state index contributed by atoms with van der Waals surface area (Å²) in [4.78, 5) is 74.1. The van der Waals surface area contributed by atoms with Crippen LogP contribution in [0.1, 0.15) is 49.9 Å². The maximum absolute atomic E-state index is 13.1. The summed E-state index contributed by atoms with van der Waals surface area (Å²) in [5.74, 6) is 1.48. The van der Waals surface area contributed by atoms with Crippen molar-refractivity contribution < 1.29 is 57.9 Å². The Morgan fingerprint density at radius 1 is 0.591 bits per heavy atom. The zero-order valence-electron chi connectivity index (χ0n) is 24.3. The number of hydrogen-bond donors (Lipinski definition) is 2. The number of hydrogen-bond acceptors (Lipinski definition) is 10. The molecule has 12 heteroatoms. The average molecular weight is 607 g/mol. The summed E-state index contributed by atoms with van der Waals surface area (Å²) in [5, 5.41) is 17.7. The van der Waals surface area contributed by atoms with Gasteiger partial charge in [0.2, 0.25) is 12.2 Å². The van der Waals surface area contributed by atoms with Crippen LogP contribution in [0, 0.1) is 23.7 Å². The molecular formula is C32H30O12. The van der Waals surface area contributed by atoms with Gasteiger partial charge in [0.15, 0.2) is 0 Å². The predicted octanol–water partition coefficient (Wildman–Crippen LogP) is 2.07. The number of carboxylic acid groups (broad SMARTS) is 2. The summed E-state index contributed by atoms with van der Waals surface area (Å²) in [6.07, 6.45) is -6.59. The Labute approximate surface area is 253 Å². The molecule has 0 amide bonds. The van der Waals surface area contributed by atoms with Gasteiger partial charge < -0.3 is 29.2 Å². The van der Waals surface area contributed by atoms with Crippen LogP contribution in [0.2, 0.25) is 0 Å². The molecule has 0 bridgehead atoms. The summed E-state index contributed by atoms with van der Waals surface area (Å²) in [6, 6.07) is 12.2. The van der Waals surface area contributed by atoms with E-state index in [1.807, 2.05) is 11.8 Å². The van der Waals surface area contributed by atoms with Gasteiger partial charge in [-0.25, -0.2) is 19.2 Å². The summed E-state index contributed by atoms with van der Waals surface area (Å²) < 4.78 is 21.1. The first-order valence-corrected chi connectivity index (χ1v) is 13.2. The number of rotatable bonds is 11. The Hall–Kier alpha value is -5.62. The lowest BCUT2D eigenvalue weighted by atomic mass is 10.0. The SMILES string of the molecule is CC(C)OC(=O)[C@H](OC(=O)Cc1ccccc1C#CC(=O)O)[C@@H](OC(=O)Cc1ccccc1C#CC(=O)O)C(=O)OC(C)C. The molecule has 0 aliphatic carbocycles. The van der Waals surface area contributed by atoms with Crippen molar-refractivity contribution in [2.24, 2.45) is 0 Å². The predicted molar refractivity (Wildman–Crippen MR) is 152 cm³/mol. The van der Waals surface area contributed by atoms with Crippen LogP contribution in [-0.2, 0) is 60.6 Å². The summed E-state index contributed by atoms with van der Waals surface area (Å²) in [7, 11) is 0. The van der Waals surface area contributed by atoms with Gasteiger partial charge in [0, 0.05) is 23.0 Å². The van der Waals surface area contributed by atoms with Crippen molar-refractivity contribution in [2.75, 3.05) is 0 Å². The molecule has 2 aromatic carbocycles. The van der Waals surface area contributed by atoms with Crippen molar-refractivity contribution in [1.29, 1.82) is 0 Å². The van der Waals surface area contributed by atoms with Gasteiger partial charge >= 0.3 is 35.8 Å². The van der Waals surface area contributed by atoms with Crippen LogP contribution in [0.15, 0.2) is 48.5 Å². The van der Waals surface area contributed by atoms with E-state index < -0.39 is 73.1 Å². The average Bonchev–Trinajstić information content (AvgIpc) is 2.93. The second kappa shape index (κ2) is 16.7. The third kappa shape index (κ3) is 11.7. The molecule has 44 heavy (non-hydrogen) atoms. The molecule has 230 valence electrons.